The Bertz CT molecular complexity index is 2170. The number of pyridine rings is 1. The normalized spacial score (nSPS) is 15.9. The van der Waals surface area contributed by atoms with Crippen LogP contribution < -0.4 is 34.7 Å². The number of ether oxygens (including phenoxy) is 6. The van der Waals surface area contributed by atoms with Crippen molar-refractivity contribution in [2.75, 3.05) is 60.4 Å². The number of nitrogens with one attached hydrogen (secondary N) is 2. The van der Waals surface area contributed by atoms with Gasteiger partial charge in [0, 0.05) is 51.1 Å². The number of nitrogens with two attached hydrogens (primary N) is 1. The highest BCUT2D eigenvalue weighted by atomic mass is 35.5. The zero-order chi connectivity index (χ0) is 41.8. The molecule has 58 heavy (non-hydrogen) atoms. The number of piperidine rings is 1. The van der Waals surface area contributed by atoms with Gasteiger partial charge in [0.05, 0.1) is 89.6 Å². The molecule has 2 aromatic heterocycles. The van der Waals surface area contributed by atoms with E-state index in [1.54, 1.807) is 31.4 Å². The summed E-state index contributed by atoms with van der Waals surface area (Å²) < 4.78 is 81.6. The standard InChI is InChI=1S/C23H29ClFN3O4.C16H15F2N3O4S/c1-30-21-13-19(26)18(24)12-17(21)23(29)27-20-8-10-28(14-22(20)31-2)9-3-11-32-16-6-4-15(25)5-7-16;1-23-13-5-6-19-12(14(13)24-2)8-26(22)16-20-10-4-3-9(25-15(17)18)7-11(10)21-16/h4-7,12-13,20,22H,3,8-11,14,26H2,1-2H3,(H,27,29);3-7,15H,8H2,1-2H3,(H,20,21)/t20-,22+;26-/m10/s1. The van der Waals surface area contributed by atoms with Crippen molar-refractivity contribution in [2.45, 2.75) is 42.5 Å². The number of hydrogen-bond acceptors (Lipinski definition) is 12. The highest BCUT2D eigenvalue weighted by Crippen LogP contribution is 2.31. The largest absolute Gasteiger partial charge is 0.496 e. The van der Waals surface area contributed by atoms with Gasteiger partial charge >= 0.3 is 6.61 Å². The molecule has 0 spiro atoms. The number of H-pyrrole nitrogens is 1. The summed E-state index contributed by atoms with van der Waals surface area (Å²) >= 11 is 6.09. The second-order valence-electron chi connectivity index (χ2n) is 12.8. The van der Waals surface area contributed by atoms with E-state index in [1.807, 2.05) is 0 Å². The van der Waals surface area contributed by atoms with Crippen LogP contribution in [0.25, 0.3) is 11.0 Å². The number of hydrogen-bond donors (Lipinski definition) is 3. The zero-order valence-corrected chi connectivity index (χ0v) is 33.7. The molecule has 0 radical (unpaired) electrons. The number of rotatable bonds is 16. The number of halogens is 4. The number of imidazole rings is 1. The summed E-state index contributed by atoms with van der Waals surface area (Å²) in [5.74, 6) is 1.37. The Balaban J connectivity index is 0.000000226. The molecule has 0 unspecified atom stereocenters. The Morgan fingerprint density at radius 3 is 2.47 bits per heavy atom. The highest BCUT2D eigenvalue weighted by molar-refractivity contribution is 7.84. The Kier molecular flexibility index (Phi) is 15.8. The maximum Gasteiger partial charge on any atom is 0.387 e. The van der Waals surface area contributed by atoms with Crippen LogP contribution in [0, 0.1) is 5.82 Å². The summed E-state index contributed by atoms with van der Waals surface area (Å²) in [5, 5.41) is 3.54. The Morgan fingerprint density at radius 2 is 1.78 bits per heavy atom. The minimum atomic E-state index is -2.92. The smallest absolute Gasteiger partial charge is 0.387 e. The topological polar surface area (TPSA) is 172 Å². The first-order valence-corrected chi connectivity index (χ1v) is 19.6. The van der Waals surface area contributed by atoms with Gasteiger partial charge in [0.2, 0.25) is 0 Å². The molecule has 1 fully saturated rings. The molecule has 1 amide bonds. The van der Waals surface area contributed by atoms with E-state index in [4.69, 9.17) is 41.0 Å². The van der Waals surface area contributed by atoms with Gasteiger partial charge < -0.3 is 49.4 Å². The van der Waals surface area contributed by atoms with Gasteiger partial charge in [-0.2, -0.15) is 8.78 Å². The van der Waals surface area contributed by atoms with E-state index in [1.165, 1.54) is 63.9 Å². The molecule has 3 heterocycles. The van der Waals surface area contributed by atoms with Gasteiger partial charge in [-0.3, -0.25) is 14.0 Å². The molecular weight excluding hydrogens is 805 g/mol. The van der Waals surface area contributed by atoms with Gasteiger partial charge in [-0.05, 0) is 55.3 Å². The number of carbonyl (C=O) groups excluding carboxylic acids is 1. The van der Waals surface area contributed by atoms with Crippen molar-refractivity contribution in [1.82, 2.24) is 25.2 Å². The predicted molar refractivity (Wildman–Crippen MR) is 212 cm³/mol. The van der Waals surface area contributed by atoms with E-state index in [9.17, 15) is 22.2 Å². The first-order valence-electron chi connectivity index (χ1n) is 17.9. The van der Waals surface area contributed by atoms with Gasteiger partial charge in [0.25, 0.3) is 5.91 Å². The van der Waals surface area contributed by atoms with Crippen LogP contribution in [0.15, 0.2) is 72.0 Å². The quantitative estimate of drug-likeness (QED) is 0.0755. The van der Waals surface area contributed by atoms with Gasteiger partial charge in [-0.25, -0.2) is 9.37 Å². The Morgan fingerprint density at radius 1 is 1.03 bits per heavy atom. The number of benzene rings is 3. The van der Waals surface area contributed by atoms with Crippen LogP contribution in [-0.2, 0) is 21.3 Å². The number of nitrogen functional groups attached to an aromatic ring is 1. The summed E-state index contributed by atoms with van der Waals surface area (Å²) in [5.41, 5.74) is 7.87. The fourth-order valence-electron chi connectivity index (χ4n) is 6.15. The minimum absolute atomic E-state index is 0.00962. The van der Waals surface area contributed by atoms with Crippen LogP contribution >= 0.6 is 11.6 Å². The number of methoxy groups -OCH3 is 4. The molecule has 6 rings (SSSR count). The molecule has 0 aliphatic carbocycles. The lowest BCUT2D eigenvalue weighted by Gasteiger charge is -2.38. The number of anilines is 1. The summed E-state index contributed by atoms with van der Waals surface area (Å²) in [6.07, 6.45) is 2.95. The first kappa shape index (κ1) is 43.8. The average Bonchev–Trinajstić information content (AvgIpc) is 3.65. The van der Waals surface area contributed by atoms with E-state index < -0.39 is 17.4 Å². The summed E-state index contributed by atoms with van der Waals surface area (Å²) in [6, 6.07) is 14.8. The first-order chi connectivity index (χ1) is 27.9. The summed E-state index contributed by atoms with van der Waals surface area (Å²) in [6.45, 7) is -0.0325. The van der Waals surface area contributed by atoms with Crippen LogP contribution in [0.1, 0.15) is 28.9 Å². The number of amides is 1. The number of alkyl halides is 2. The van der Waals surface area contributed by atoms with E-state index >= 15 is 0 Å². The molecule has 0 bridgehead atoms. The van der Waals surface area contributed by atoms with Crippen LogP contribution in [0.4, 0.5) is 18.9 Å². The lowest BCUT2D eigenvalue weighted by atomic mass is 10.0. The molecular formula is C39H44ClF3N6O8S. The molecule has 1 aliphatic heterocycles. The van der Waals surface area contributed by atoms with Crippen LogP contribution in [-0.4, -0.2) is 103 Å². The zero-order valence-electron chi connectivity index (χ0n) is 32.1. The van der Waals surface area contributed by atoms with E-state index in [0.29, 0.717) is 69.2 Å². The highest BCUT2D eigenvalue weighted by Gasteiger charge is 2.31. The minimum Gasteiger partial charge on any atom is -0.496 e. The fourth-order valence-corrected chi connectivity index (χ4v) is 7.33. The molecule has 3 atom stereocenters. The van der Waals surface area contributed by atoms with Crippen molar-refractivity contribution in [3.63, 3.8) is 0 Å². The number of fused-ring (bicyclic) bond motifs is 1. The second kappa shape index (κ2) is 20.9. The number of aromatic nitrogens is 3. The van der Waals surface area contributed by atoms with Crippen molar-refractivity contribution in [1.29, 1.82) is 0 Å². The SMILES string of the molecule is COc1cc(N)c(Cl)cc1C(=O)N[C@@H]1CCN(CCCOc2ccc(F)cc2)C[C@@H]1OC.COc1ccnc(C[S@](=O)c2nc3ccc(OC(F)F)cc3[nH]2)c1OC. The number of nitrogens with zero attached hydrogens (tertiary/aromatic N) is 3. The lowest BCUT2D eigenvalue weighted by Crippen LogP contribution is -2.55. The molecule has 4 N–H and O–H groups in total. The average molecular weight is 849 g/mol. The second-order valence-corrected chi connectivity index (χ2v) is 14.5. The predicted octanol–water partition coefficient (Wildman–Crippen LogP) is 6.24. The van der Waals surface area contributed by atoms with Crippen molar-refractivity contribution < 1.29 is 50.6 Å². The van der Waals surface area contributed by atoms with Crippen molar-refractivity contribution in [2.24, 2.45) is 0 Å². The van der Waals surface area contributed by atoms with E-state index in [0.717, 1.165) is 25.9 Å². The van der Waals surface area contributed by atoms with Gasteiger partial charge in [-0.1, -0.05) is 11.6 Å². The van der Waals surface area contributed by atoms with Gasteiger partial charge in [0.1, 0.15) is 23.1 Å². The van der Waals surface area contributed by atoms with Crippen molar-refractivity contribution >= 4 is 45.0 Å². The maximum atomic E-state index is 12.9. The maximum absolute atomic E-state index is 12.9. The molecule has 19 heteroatoms. The van der Waals surface area contributed by atoms with Crippen LogP contribution in [0.3, 0.4) is 0 Å². The Hall–Kier alpha value is -5.30. The van der Waals surface area contributed by atoms with Gasteiger partial charge in [-0.15, -0.1) is 0 Å². The summed E-state index contributed by atoms with van der Waals surface area (Å²) in [7, 11) is 4.53. The van der Waals surface area contributed by atoms with Gasteiger partial charge in [0.15, 0.2) is 16.7 Å². The van der Waals surface area contributed by atoms with Crippen molar-refractivity contribution in [3.8, 4) is 28.7 Å². The van der Waals surface area contributed by atoms with Crippen LogP contribution in [0.2, 0.25) is 5.02 Å². The monoisotopic (exact) mass is 848 g/mol. The number of likely N-dealkylation sites (tertiary alicyclic amines) is 1. The molecule has 14 nitrogen and oxygen atoms in total. The van der Waals surface area contributed by atoms with E-state index in [2.05, 4.69) is 29.9 Å². The fraction of sp³-hybridized carbons (Fsp3) is 0.359. The molecule has 1 aliphatic rings. The number of aromatic amines is 1. The Labute approximate surface area is 340 Å². The third-order valence-corrected chi connectivity index (χ3v) is 10.5. The van der Waals surface area contributed by atoms with Crippen molar-refractivity contribution in [3.05, 3.63) is 89.0 Å². The molecule has 3 aromatic carbocycles. The molecule has 1 saturated heterocycles. The lowest BCUT2D eigenvalue weighted by molar-refractivity contribution is -0.0497. The molecule has 312 valence electrons. The third-order valence-electron chi connectivity index (χ3n) is 9.03. The summed E-state index contributed by atoms with van der Waals surface area (Å²) in [4.78, 5) is 26.4. The third kappa shape index (κ3) is 11.6. The number of carbonyl (C=O) groups is 1. The molecule has 0 saturated carbocycles. The molecule has 5 aromatic rings. The van der Waals surface area contributed by atoms with Crippen LogP contribution in [0.5, 0.6) is 28.7 Å². The van der Waals surface area contributed by atoms with E-state index in [-0.39, 0.29) is 40.5 Å².